The SMILES string of the molecule is COC(=O)c1ccccc1CC(C)C. The first-order valence-electron chi connectivity index (χ1n) is 4.81. The third-order valence-electron chi connectivity index (χ3n) is 2.05. The number of hydrogen-bond acceptors (Lipinski definition) is 2. The van der Waals surface area contributed by atoms with Crippen LogP contribution in [0.1, 0.15) is 29.8 Å². The molecule has 0 bridgehead atoms. The molecule has 0 aliphatic rings. The van der Waals surface area contributed by atoms with Gasteiger partial charge in [-0.1, -0.05) is 32.0 Å². The first-order chi connectivity index (χ1) is 6.65. The highest BCUT2D eigenvalue weighted by molar-refractivity contribution is 5.90. The lowest BCUT2D eigenvalue weighted by molar-refractivity contribution is 0.0599. The van der Waals surface area contributed by atoms with Crippen molar-refractivity contribution in [1.29, 1.82) is 0 Å². The van der Waals surface area contributed by atoms with E-state index in [2.05, 4.69) is 13.8 Å². The average molecular weight is 192 g/mol. The van der Waals surface area contributed by atoms with Gasteiger partial charge in [0.25, 0.3) is 0 Å². The van der Waals surface area contributed by atoms with E-state index in [9.17, 15) is 4.79 Å². The van der Waals surface area contributed by atoms with E-state index in [4.69, 9.17) is 4.74 Å². The number of benzene rings is 1. The Balaban J connectivity index is 2.97. The summed E-state index contributed by atoms with van der Waals surface area (Å²) in [5, 5.41) is 0. The van der Waals surface area contributed by atoms with Crippen LogP contribution in [0, 0.1) is 5.92 Å². The number of carbonyl (C=O) groups excluding carboxylic acids is 1. The molecule has 14 heavy (non-hydrogen) atoms. The van der Waals surface area contributed by atoms with Gasteiger partial charge in [-0.25, -0.2) is 4.79 Å². The van der Waals surface area contributed by atoms with Crippen molar-refractivity contribution in [3.63, 3.8) is 0 Å². The molecule has 0 atom stereocenters. The lowest BCUT2D eigenvalue weighted by Gasteiger charge is -2.09. The molecule has 0 spiro atoms. The second kappa shape index (κ2) is 4.80. The summed E-state index contributed by atoms with van der Waals surface area (Å²) in [7, 11) is 1.41. The van der Waals surface area contributed by atoms with Gasteiger partial charge in [0.1, 0.15) is 0 Å². The van der Waals surface area contributed by atoms with Crippen LogP contribution in [0.5, 0.6) is 0 Å². The van der Waals surface area contributed by atoms with Crippen LogP contribution in [0.4, 0.5) is 0 Å². The number of hydrogen-bond donors (Lipinski definition) is 0. The first-order valence-corrected chi connectivity index (χ1v) is 4.81. The predicted octanol–water partition coefficient (Wildman–Crippen LogP) is 2.67. The minimum absolute atomic E-state index is 0.249. The van der Waals surface area contributed by atoms with Gasteiger partial charge < -0.3 is 4.74 Å². The summed E-state index contributed by atoms with van der Waals surface area (Å²) in [6.45, 7) is 4.27. The largest absolute Gasteiger partial charge is 0.465 e. The van der Waals surface area contributed by atoms with Crippen molar-refractivity contribution >= 4 is 5.97 Å². The van der Waals surface area contributed by atoms with Crippen molar-refractivity contribution < 1.29 is 9.53 Å². The molecule has 0 aliphatic heterocycles. The van der Waals surface area contributed by atoms with Gasteiger partial charge in [-0.05, 0) is 24.0 Å². The van der Waals surface area contributed by atoms with E-state index in [1.54, 1.807) is 0 Å². The monoisotopic (exact) mass is 192 g/mol. The van der Waals surface area contributed by atoms with E-state index in [1.807, 2.05) is 24.3 Å². The van der Waals surface area contributed by atoms with Gasteiger partial charge in [-0.3, -0.25) is 0 Å². The van der Waals surface area contributed by atoms with Crippen LogP contribution in [-0.2, 0) is 11.2 Å². The summed E-state index contributed by atoms with van der Waals surface area (Å²) < 4.78 is 4.72. The molecule has 2 nitrogen and oxygen atoms in total. The summed E-state index contributed by atoms with van der Waals surface area (Å²) in [5.74, 6) is 0.294. The van der Waals surface area contributed by atoms with Crippen molar-refractivity contribution in [2.45, 2.75) is 20.3 Å². The lowest BCUT2D eigenvalue weighted by Crippen LogP contribution is -2.07. The number of methoxy groups -OCH3 is 1. The highest BCUT2D eigenvalue weighted by Crippen LogP contribution is 2.14. The van der Waals surface area contributed by atoms with Gasteiger partial charge in [-0.2, -0.15) is 0 Å². The molecule has 76 valence electrons. The highest BCUT2D eigenvalue weighted by atomic mass is 16.5. The van der Waals surface area contributed by atoms with Crippen LogP contribution in [-0.4, -0.2) is 13.1 Å². The molecular weight excluding hydrogens is 176 g/mol. The minimum Gasteiger partial charge on any atom is -0.465 e. The fourth-order valence-corrected chi connectivity index (χ4v) is 1.45. The predicted molar refractivity (Wildman–Crippen MR) is 56.3 cm³/mol. The van der Waals surface area contributed by atoms with Crippen LogP contribution in [0.15, 0.2) is 24.3 Å². The maximum absolute atomic E-state index is 11.4. The van der Waals surface area contributed by atoms with E-state index in [0.29, 0.717) is 11.5 Å². The second-order valence-electron chi connectivity index (χ2n) is 3.75. The van der Waals surface area contributed by atoms with E-state index in [1.165, 1.54) is 7.11 Å². The molecule has 2 heteroatoms. The maximum atomic E-state index is 11.4. The average Bonchev–Trinajstić information content (AvgIpc) is 2.16. The normalized spacial score (nSPS) is 10.3. The first kappa shape index (κ1) is 10.8. The van der Waals surface area contributed by atoms with Gasteiger partial charge >= 0.3 is 5.97 Å². The summed E-state index contributed by atoms with van der Waals surface area (Å²) in [4.78, 5) is 11.4. The molecule has 1 aromatic carbocycles. The number of carbonyl (C=O) groups is 1. The Morgan fingerprint density at radius 2 is 2.00 bits per heavy atom. The molecule has 1 rings (SSSR count). The fraction of sp³-hybridized carbons (Fsp3) is 0.417. The molecule has 0 unspecified atom stereocenters. The van der Waals surface area contributed by atoms with Gasteiger partial charge in [0.05, 0.1) is 12.7 Å². The van der Waals surface area contributed by atoms with E-state index in [-0.39, 0.29) is 5.97 Å². The highest BCUT2D eigenvalue weighted by Gasteiger charge is 2.11. The Morgan fingerprint density at radius 1 is 1.36 bits per heavy atom. The third kappa shape index (κ3) is 2.59. The van der Waals surface area contributed by atoms with Gasteiger partial charge in [0.15, 0.2) is 0 Å². The lowest BCUT2D eigenvalue weighted by atomic mass is 9.98. The number of ether oxygens (including phenoxy) is 1. The van der Waals surface area contributed by atoms with Gasteiger partial charge in [0, 0.05) is 0 Å². The van der Waals surface area contributed by atoms with Crippen LogP contribution < -0.4 is 0 Å². The van der Waals surface area contributed by atoms with Crippen molar-refractivity contribution in [3.8, 4) is 0 Å². The van der Waals surface area contributed by atoms with Crippen molar-refractivity contribution in [2.24, 2.45) is 5.92 Å². The number of esters is 1. The molecule has 0 saturated heterocycles. The van der Waals surface area contributed by atoms with Crippen LogP contribution in [0.25, 0.3) is 0 Å². The standard InChI is InChI=1S/C12H16O2/c1-9(2)8-10-6-4-5-7-11(10)12(13)14-3/h4-7,9H,8H2,1-3H3. The Bertz CT molecular complexity index is 316. The summed E-state index contributed by atoms with van der Waals surface area (Å²) in [6, 6.07) is 7.59. The molecule has 0 amide bonds. The topological polar surface area (TPSA) is 26.3 Å². The summed E-state index contributed by atoms with van der Waals surface area (Å²) >= 11 is 0. The Labute approximate surface area is 84.9 Å². The molecule has 0 aliphatic carbocycles. The molecule has 1 aromatic rings. The molecule has 0 N–H and O–H groups in total. The number of rotatable bonds is 3. The van der Waals surface area contributed by atoms with Gasteiger partial charge in [0.2, 0.25) is 0 Å². The molecule has 0 aromatic heterocycles. The van der Waals surface area contributed by atoms with Crippen molar-refractivity contribution in [3.05, 3.63) is 35.4 Å². The zero-order chi connectivity index (χ0) is 10.6. The zero-order valence-corrected chi connectivity index (χ0v) is 8.91. The molecule has 0 saturated carbocycles. The molecule has 0 radical (unpaired) electrons. The Morgan fingerprint density at radius 3 is 2.57 bits per heavy atom. The van der Waals surface area contributed by atoms with Crippen LogP contribution >= 0.6 is 0 Å². The molecular formula is C12H16O2. The quantitative estimate of drug-likeness (QED) is 0.688. The van der Waals surface area contributed by atoms with E-state index < -0.39 is 0 Å². The Hall–Kier alpha value is -1.31. The second-order valence-corrected chi connectivity index (χ2v) is 3.75. The van der Waals surface area contributed by atoms with Crippen molar-refractivity contribution in [2.75, 3.05) is 7.11 Å². The van der Waals surface area contributed by atoms with Crippen LogP contribution in [0.3, 0.4) is 0 Å². The van der Waals surface area contributed by atoms with E-state index in [0.717, 1.165) is 12.0 Å². The smallest absolute Gasteiger partial charge is 0.338 e. The van der Waals surface area contributed by atoms with Crippen LogP contribution in [0.2, 0.25) is 0 Å². The summed E-state index contributed by atoms with van der Waals surface area (Å²) in [6.07, 6.45) is 0.908. The maximum Gasteiger partial charge on any atom is 0.338 e. The molecule has 0 heterocycles. The van der Waals surface area contributed by atoms with E-state index >= 15 is 0 Å². The van der Waals surface area contributed by atoms with Gasteiger partial charge in [-0.15, -0.1) is 0 Å². The fourth-order valence-electron chi connectivity index (χ4n) is 1.45. The third-order valence-corrected chi connectivity index (χ3v) is 2.05. The summed E-state index contributed by atoms with van der Waals surface area (Å²) in [5.41, 5.74) is 1.75. The minimum atomic E-state index is -0.249. The zero-order valence-electron chi connectivity index (χ0n) is 8.91. The Kier molecular flexibility index (Phi) is 3.69. The van der Waals surface area contributed by atoms with Crippen molar-refractivity contribution in [1.82, 2.24) is 0 Å². The molecule has 0 fully saturated rings.